The van der Waals surface area contributed by atoms with E-state index in [0.29, 0.717) is 11.4 Å². The SMILES string of the molecule is CCCCN(CCCC)C(=O)c1c(N)c(C)nn1C. The first-order valence-corrected chi connectivity index (χ1v) is 7.11. The number of aryl methyl sites for hydroxylation is 2. The number of amides is 1. The summed E-state index contributed by atoms with van der Waals surface area (Å²) in [5, 5.41) is 4.22. The molecule has 0 fully saturated rings. The maximum absolute atomic E-state index is 12.6. The molecule has 1 rings (SSSR count). The van der Waals surface area contributed by atoms with Crippen molar-refractivity contribution < 1.29 is 4.79 Å². The molecular formula is C14H26N4O. The Morgan fingerprint density at radius 2 is 1.79 bits per heavy atom. The van der Waals surface area contributed by atoms with Crippen LogP contribution in [-0.4, -0.2) is 33.7 Å². The van der Waals surface area contributed by atoms with Gasteiger partial charge in [0, 0.05) is 20.1 Å². The Labute approximate surface area is 115 Å². The van der Waals surface area contributed by atoms with Gasteiger partial charge in [0.25, 0.3) is 5.91 Å². The number of anilines is 1. The Hall–Kier alpha value is -1.52. The molecule has 0 radical (unpaired) electrons. The van der Waals surface area contributed by atoms with E-state index in [1.165, 1.54) is 0 Å². The van der Waals surface area contributed by atoms with E-state index >= 15 is 0 Å². The normalized spacial score (nSPS) is 10.7. The van der Waals surface area contributed by atoms with Gasteiger partial charge in [-0.15, -0.1) is 0 Å². The molecule has 0 aliphatic rings. The molecule has 0 atom stereocenters. The fraction of sp³-hybridized carbons (Fsp3) is 0.714. The summed E-state index contributed by atoms with van der Waals surface area (Å²) in [6, 6.07) is 0. The highest BCUT2D eigenvalue weighted by Gasteiger charge is 2.22. The monoisotopic (exact) mass is 266 g/mol. The molecule has 0 saturated carbocycles. The highest BCUT2D eigenvalue weighted by atomic mass is 16.2. The maximum Gasteiger partial charge on any atom is 0.274 e. The van der Waals surface area contributed by atoms with Crippen LogP contribution in [-0.2, 0) is 7.05 Å². The smallest absolute Gasteiger partial charge is 0.274 e. The number of nitrogens with two attached hydrogens (primary N) is 1. The van der Waals surface area contributed by atoms with Crippen LogP contribution in [0.5, 0.6) is 0 Å². The number of carbonyl (C=O) groups is 1. The minimum Gasteiger partial charge on any atom is -0.395 e. The lowest BCUT2D eigenvalue weighted by atomic mass is 10.2. The van der Waals surface area contributed by atoms with Gasteiger partial charge in [0.05, 0.1) is 11.4 Å². The minimum absolute atomic E-state index is 0.00231. The van der Waals surface area contributed by atoms with Crippen molar-refractivity contribution in [2.24, 2.45) is 7.05 Å². The molecule has 0 spiro atoms. The Kier molecular flexibility index (Phi) is 5.86. The van der Waals surface area contributed by atoms with Gasteiger partial charge in [-0.05, 0) is 19.8 Å². The highest BCUT2D eigenvalue weighted by molar-refractivity contribution is 5.97. The number of nitrogens with zero attached hydrogens (tertiary/aromatic N) is 3. The maximum atomic E-state index is 12.6. The third-order valence-corrected chi connectivity index (χ3v) is 3.32. The summed E-state index contributed by atoms with van der Waals surface area (Å²) in [6.45, 7) is 7.67. The van der Waals surface area contributed by atoms with Crippen LogP contribution in [0.3, 0.4) is 0 Å². The van der Waals surface area contributed by atoms with E-state index in [1.807, 2.05) is 11.8 Å². The fourth-order valence-corrected chi connectivity index (χ4v) is 2.09. The molecule has 5 nitrogen and oxygen atoms in total. The number of unbranched alkanes of at least 4 members (excludes halogenated alkanes) is 2. The molecule has 0 unspecified atom stereocenters. The minimum atomic E-state index is 0.00231. The Balaban J connectivity index is 2.90. The van der Waals surface area contributed by atoms with Crippen LogP contribution in [0.25, 0.3) is 0 Å². The number of hydrogen-bond acceptors (Lipinski definition) is 3. The van der Waals surface area contributed by atoms with Gasteiger partial charge in [-0.25, -0.2) is 0 Å². The molecule has 5 heteroatoms. The van der Waals surface area contributed by atoms with Gasteiger partial charge in [0.1, 0.15) is 5.69 Å². The van der Waals surface area contributed by atoms with E-state index in [1.54, 1.807) is 11.7 Å². The van der Waals surface area contributed by atoms with Crippen LogP contribution in [0.1, 0.15) is 55.7 Å². The van der Waals surface area contributed by atoms with Crippen molar-refractivity contribution in [1.82, 2.24) is 14.7 Å². The van der Waals surface area contributed by atoms with Crippen molar-refractivity contribution in [2.75, 3.05) is 18.8 Å². The number of rotatable bonds is 7. The largest absolute Gasteiger partial charge is 0.395 e. The summed E-state index contributed by atoms with van der Waals surface area (Å²) in [4.78, 5) is 14.5. The molecule has 1 aromatic heterocycles. The number of hydrogen-bond donors (Lipinski definition) is 1. The van der Waals surface area contributed by atoms with Gasteiger partial charge >= 0.3 is 0 Å². The Morgan fingerprint density at radius 3 is 2.16 bits per heavy atom. The topological polar surface area (TPSA) is 64.2 Å². The zero-order valence-electron chi connectivity index (χ0n) is 12.6. The van der Waals surface area contributed by atoms with E-state index in [4.69, 9.17) is 5.73 Å². The predicted octanol–water partition coefficient (Wildman–Crippen LogP) is 2.35. The van der Waals surface area contributed by atoms with Gasteiger partial charge in [-0.3, -0.25) is 9.48 Å². The highest BCUT2D eigenvalue weighted by Crippen LogP contribution is 2.18. The van der Waals surface area contributed by atoms with Crippen molar-refractivity contribution >= 4 is 11.6 Å². The first kappa shape index (κ1) is 15.5. The van der Waals surface area contributed by atoms with Crippen LogP contribution in [0.4, 0.5) is 5.69 Å². The summed E-state index contributed by atoms with van der Waals surface area (Å²) in [5.41, 5.74) is 7.71. The third kappa shape index (κ3) is 3.72. The van der Waals surface area contributed by atoms with E-state index in [2.05, 4.69) is 18.9 Å². The quantitative estimate of drug-likeness (QED) is 0.824. The molecule has 0 aromatic carbocycles. The van der Waals surface area contributed by atoms with Gasteiger partial charge in [0.15, 0.2) is 0 Å². The zero-order chi connectivity index (χ0) is 14.4. The summed E-state index contributed by atoms with van der Waals surface area (Å²) in [5.74, 6) is 0.00231. The fourth-order valence-electron chi connectivity index (χ4n) is 2.09. The van der Waals surface area contributed by atoms with E-state index in [9.17, 15) is 4.79 Å². The average Bonchev–Trinajstić information content (AvgIpc) is 2.63. The molecule has 0 aliphatic carbocycles. The van der Waals surface area contributed by atoms with Crippen LogP contribution >= 0.6 is 0 Å². The Bertz CT molecular complexity index is 417. The lowest BCUT2D eigenvalue weighted by Gasteiger charge is -2.22. The summed E-state index contributed by atoms with van der Waals surface area (Å²) >= 11 is 0. The van der Waals surface area contributed by atoms with E-state index < -0.39 is 0 Å². The van der Waals surface area contributed by atoms with Crippen LogP contribution in [0.15, 0.2) is 0 Å². The van der Waals surface area contributed by atoms with Crippen molar-refractivity contribution in [2.45, 2.75) is 46.5 Å². The molecular weight excluding hydrogens is 240 g/mol. The van der Waals surface area contributed by atoms with Crippen LogP contribution in [0, 0.1) is 6.92 Å². The molecule has 2 N–H and O–H groups in total. The lowest BCUT2D eigenvalue weighted by molar-refractivity contribution is 0.0741. The summed E-state index contributed by atoms with van der Waals surface area (Å²) in [6.07, 6.45) is 4.20. The van der Waals surface area contributed by atoms with E-state index in [-0.39, 0.29) is 5.91 Å². The van der Waals surface area contributed by atoms with Gasteiger partial charge in [-0.2, -0.15) is 5.10 Å². The van der Waals surface area contributed by atoms with Crippen molar-refractivity contribution in [3.05, 3.63) is 11.4 Å². The second-order valence-electron chi connectivity index (χ2n) is 4.97. The van der Waals surface area contributed by atoms with E-state index in [0.717, 1.165) is 44.5 Å². The second kappa shape index (κ2) is 7.16. The van der Waals surface area contributed by atoms with Gasteiger partial charge < -0.3 is 10.6 Å². The Morgan fingerprint density at radius 1 is 1.26 bits per heavy atom. The lowest BCUT2D eigenvalue weighted by Crippen LogP contribution is -2.34. The molecule has 0 saturated heterocycles. The van der Waals surface area contributed by atoms with Crippen molar-refractivity contribution in [3.8, 4) is 0 Å². The molecule has 19 heavy (non-hydrogen) atoms. The van der Waals surface area contributed by atoms with Crippen molar-refractivity contribution in [1.29, 1.82) is 0 Å². The number of aromatic nitrogens is 2. The number of carbonyl (C=O) groups excluding carboxylic acids is 1. The molecule has 1 heterocycles. The third-order valence-electron chi connectivity index (χ3n) is 3.32. The first-order valence-electron chi connectivity index (χ1n) is 7.11. The average molecular weight is 266 g/mol. The summed E-state index contributed by atoms with van der Waals surface area (Å²) < 4.78 is 1.60. The van der Waals surface area contributed by atoms with Crippen LogP contribution in [0.2, 0.25) is 0 Å². The molecule has 1 amide bonds. The first-order chi connectivity index (χ1) is 9.02. The van der Waals surface area contributed by atoms with Crippen molar-refractivity contribution in [3.63, 3.8) is 0 Å². The molecule has 108 valence electrons. The van der Waals surface area contributed by atoms with Gasteiger partial charge in [0.2, 0.25) is 0 Å². The second-order valence-corrected chi connectivity index (χ2v) is 4.97. The van der Waals surface area contributed by atoms with Crippen LogP contribution < -0.4 is 5.73 Å². The predicted molar refractivity (Wildman–Crippen MR) is 78.1 cm³/mol. The molecule has 0 aliphatic heterocycles. The molecule has 1 aromatic rings. The number of nitrogen functional groups attached to an aromatic ring is 1. The standard InChI is InChI=1S/C14H26N4O/c1-5-7-9-18(10-8-6-2)14(19)13-12(15)11(3)16-17(13)4/h5-10,15H2,1-4H3. The zero-order valence-corrected chi connectivity index (χ0v) is 12.6. The summed E-state index contributed by atoms with van der Waals surface area (Å²) in [7, 11) is 1.77. The van der Waals surface area contributed by atoms with Gasteiger partial charge in [-0.1, -0.05) is 26.7 Å². The molecule has 0 bridgehead atoms.